The highest BCUT2D eigenvalue weighted by Crippen LogP contribution is 2.57. The fourth-order valence-electron chi connectivity index (χ4n) is 9.39. The topological polar surface area (TPSA) is 0 Å². The van der Waals surface area contributed by atoms with E-state index >= 15 is 0 Å². The predicted octanol–water partition coefficient (Wildman–Crippen LogP) is 14.9. The molecular formula is C55H38S. The first-order chi connectivity index (χ1) is 27.7. The van der Waals surface area contributed by atoms with Crippen LogP contribution in [-0.4, -0.2) is 0 Å². The second-order valence-corrected chi connectivity index (χ2v) is 16.4. The van der Waals surface area contributed by atoms with Gasteiger partial charge in [-0.05, 0) is 107 Å². The lowest BCUT2D eigenvalue weighted by Crippen LogP contribution is -2.28. The zero-order valence-corrected chi connectivity index (χ0v) is 31.7. The van der Waals surface area contributed by atoms with Crippen molar-refractivity contribution in [2.24, 2.45) is 0 Å². The van der Waals surface area contributed by atoms with Gasteiger partial charge in [0.2, 0.25) is 0 Å². The molecule has 2 aliphatic rings. The molecule has 9 aromatic rings. The third kappa shape index (κ3) is 5.30. The van der Waals surface area contributed by atoms with Crippen LogP contribution in [-0.2, 0) is 5.41 Å². The van der Waals surface area contributed by atoms with Gasteiger partial charge < -0.3 is 0 Å². The van der Waals surface area contributed by atoms with Crippen molar-refractivity contribution in [1.82, 2.24) is 0 Å². The number of benzene rings is 9. The van der Waals surface area contributed by atoms with Gasteiger partial charge in [0.05, 0.1) is 5.41 Å². The van der Waals surface area contributed by atoms with Crippen molar-refractivity contribution < 1.29 is 0 Å². The highest BCUT2D eigenvalue weighted by molar-refractivity contribution is 8.08. The lowest BCUT2D eigenvalue weighted by molar-refractivity contribution is 0.769. The molecule has 0 aromatic heterocycles. The molecule has 1 aliphatic carbocycles. The standard InChI is InChI=1S/C55H38S/c1-3-12-45(13-4-1)55(46-14-5-2-6-15-46)51-18-10-9-17-49(51)50-32-30-43(36-52(50)55)38-21-26-41(27-22-38)54-34-33-53(56-54)40-24-19-37(20-25-40)42-29-31-48-44(35-42)28-23-39-11-7-8-16-47(39)48/h1-32,34-36,53H,33H2. The summed E-state index contributed by atoms with van der Waals surface area (Å²) in [6, 6.07) is 76.7. The highest BCUT2D eigenvalue weighted by Gasteiger charge is 2.46. The summed E-state index contributed by atoms with van der Waals surface area (Å²) in [6.45, 7) is 0. The Balaban J connectivity index is 0.857. The summed E-state index contributed by atoms with van der Waals surface area (Å²) in [5.74, 6) is 0. The van der Waals surface area contributed by atoms with Crippen LogP contribution in [0.1, 0.15) is 45.1 Å². The van der Waals surface area contributed by atoms with Gasteiger partial charge in [-0.15, -0.1) is 11.8 Å². The molecule has 1 unspecified atom stereocenters. The van der Waals surface area contributed by atoms with Gasteiger partial charge in [0.1, 0.15) is 0 Å². The first kappa shape index (κ1) is 33.0. The molecule has 9 aromatic carbocycles. The number of allylic oxidation sites excluding steroid dienone is 1. The van der Waals surface area contributed by atoms with Gasteiger partial charge in [-0.3, -0.25) is 0 Å². The van der Waals surface area contributed by atoms with E-state index in [1.54, 1.807) is 0 Å². The minimum Gasteiger partial charge on any atom is -0.117 e. The van der Waals surface area contributed by atoms with Gasteiger partial charge in [-0.2, -0.15) is 0 Å². The minimum absolute atomic E-state index is 0.395. The van der Waals surface area contributed by atoms with Gasteiger partial charge in [0.15, 0.2) is 0 Å². The van der Waals surface area contributed by atoms with Gasteiger partial charge in [0, 0.05) is 10.2 Å². The molecule has 0 fully saturated rings. The predicted molar refractivity (Wildman–Crippen MR) is 239 cm³/mol. The van der Waals surface area contributed by atoms with Crippen molar-refractivity contribution in [3.8, 4) is 33.4 Å². The van der Waals surface area contributed by atoms with Crippen LogP contribution in [0.3, 0.4) is 0 Å². The normalized spacial score (nSPS) is 15.4. The number of hydrogen-bond donors (Lipinski definition) is 0. The summed E-state index contributed by atoms with van der Waals surface area (Å²) in [5.41, 5.74) is 15.2. The van der Waals surface area contributed by atoms with Crippen LogP contribution in [0.5, 0.6) is 0 Å². The molecule has 0 amide bonds. The molecule has 1 aliphatic heterocycles. The van der Waals surface area contributed by atoms with Crippen molar-refractivity contribution >= 4 is 38.2 Å². The smallest absolute Gasteiger partial charge is 0.0713 e. The van der Waals surface area contributed by atoms with E-state index in [1.165, 1.54) is 93.2 Å². The molecule has 0 bridgehead atoms. The molecule has 0 radical (unpaired) electrons. The van der Waals surface area contributed by atoms with Crippen LogP contribution in [0.2, 0.25) is 0 Å². The first-order valence-corrected chi connectivity index (χ1v) is 20.5. The third-order valence-electron chi connectivity index (χ3n) is 12.1. The summed E-state index contributed by atoms with van der Waals surface area (Å²) < 4.78 is 0. The van der Waals surface area contributed by atoms with Crippen LogP contribution in [0, 0.1) is 0 Å². The monoisotopic (exact) mass is 730 g/mol. The van der Waals surface area contributed by atoms with E-state index in [0.717, 1.165) is 6.42 Å². The molecule has 264 valence electrons. The van der Waals surface area contributed by atoms with Crippen molar-refractivity contribution in [3.63, 3.8) is 0 Å². The summed E-state index contributed by atoms with van der Waals surface area (Å²) in [5, 5.41) is 5.61. The fourth-order valence-corrected chi connectivity index (χ4v) is 10.6. The molecule has 0 saturated carbocycles. The summed E-state index contributed by atoms with van der Waals surface area (Å²) in [6.07, 6.45) is 3.46. The van der Waals surface area contributed by atoms with E-state index in [9.17, 15) is 0 Å². The van der Waals surface area contributed by atoms with Crippen LogP contribution in [0.15, 0.2) is 212 Å². The summed E-state index contributed by atoms with van der Waals surface area (Å²) >= 11 is 1.99. The average Bonchev–Trinajstić information content (AvgIpc) is 3.89. The second kappa shape index (κ2) is 13.4. The minimum atomic E-state index is -0.395. The largest absolute Gasteiger partial charge is 0.117 e. The Hall–Kier alpha value is -6.41. The molecule has 1 heterocycles. The van der Waals surface area contributed by atoms with Gasteiger partial charge in [0.25, 0.3) is 0 Å². The molecule has 0 nitrogen and oxygen atoms in total. The second-order valence-electron chi connectivity index (χ2n) is 15.1. The van der Waals surface area contributed by atoms with Crippen molar-refractivity contribution in [1.29, 1.82) is 0 Å². The maximum absolute atomic E-state index is 2.45. The molecule has 1 heteroatoms. The molecule has 1 atom stereocenters. The van der Waals surface area contributed by atoms with Crippen LogP contribution >= 0.6 is 11.8 Å². The molecule has 11 rings (SSSR count). The Bertz CT molecular complexity index is 2900. The average molecular weight is 731 g/mol. The van der Waals surface area contributed by atoms with E-state index in [2.05, 4.69) is 212 Å². The Labute approximate surface area is 332 Å². The van der Waals surface area contributed by atoms with E-state index in [-0.39, 0.29) is 0 Å². The quantitative estimate of drug-likeness (QED) is 0.154. The van der Waals surface area contributed by atoms with Crippen molar-refractivity contribution in [2.75, 3.05) is 0 Å². The Kier molecular flexibility index (Phi) is 7.90. The van der Waals surface area contributed by atoms with Gasteiger partial charge >= 0.3 is 0 Å². The summed E-state index contributed by atoms with van der Waals surface area (Å²) in [4.78, 5) is 1.36. The number of thioether (sulfide) groups is 1. The zero-order valence-electron chi connectivity index (χ0n) is 30.9. The Morgan fingerprint density at radius 3 is 1.71 bits per heavy atom. The third-order valence-corrected chi connectivity index (χ3v) is 13.5. The zero-order chi connectivity index (χ0) is 37.1. The number of hydrogen-bond acceptors (Lipinski definition) is 1. The molecular weight excluding hydrogens is 693 g/mol. The Morgan fingerprint density at radius 1 is 0.393 bits per heavy atom. The number of rotatable bonds is 6. The lowest BCUT2D eigenvalue weighted by Gasteiger charge is -2.34. The van der Waals surface area contributed by atoms with E-state index in [4.69, 9.17) is 0 Å². The van der Waals surface area contributed by atoms with Crippen molar-refractivity contribution in [2.45, 2.75) is 17.1 Å². The molecule has 0 spiro atoms. The van der Waals surface area contributed by atoms with Crippen molar-refractivity contribution in [3.05, 3.63) is 246 Å². The fraction of sp³-hybridized carbons (Fsp3) is 0.0545. The maximum Gasteiger partial charge on any atom is 0.0713 e. The van der Waals surface area contributed by atoms with E-state index < -0.39 is 5.41 Å². The van der Waals surface area contributed by atoms with E-state index in [0.29, 0.717) is 5.25 Å². The van der Waals surface area contributed by atoms with Crippen LogP contribution in [0.4, 0.5) is 0 Å². The first-order valence-electron chi connectivity index (χ1n) is 19.6. The van der Waals surface area contributed by atoms with Gasteiger partial charge in [-0.25, -0.2) is 0 Å². The summed E-state index contributed by atoms with van der Waals surface area (Å²) in [7, 11) is 0. The Morgan fingerprint density at radius 2 is 0.946 bits per heavy atom. The molecule has 56 heavy (non-hydrogen) atoms. The SMILES string of the molecule is C1=C(c2ccc(-c3ccc4c(c3)C(c3ccccc3)(c3ccccc3)c3ccccc3-4)cc2)SC(c2ccc(-c3ccc4c(ccc5ccccc54)c3)cc2)C1. The van der Waals surface area contributed by atoms with Crippen LogP contribution in [0.25, 0.3) is 59.8 Å². The maximum atomic E-state index is 2.45. The molecule has 0 saturated heterocycles. The van der Waals surface area contributed by atoms with Crippen LogP contribution < -0.4 is 0 Å². The van der Waals surface area contributed by atoms with Gasteiger partial charge in [-0.1, -0.05) is 200 Å². The highest BCUT2D eigenvalue weighted by atomic mass is 32.2. The molecule has 0 N–H and O–H groups in total. The number of fused-ring (bicyclic) bond motifs is 6. The van der Waals surface area contributed by atoms with E-state index in [1.807, 2.05) is 11.8 Å². The lowest BCUT2D eigenvalue weighted by atomic mass is 9.67.